The first-order chi connectivity index (χ1) is 11.9. The number of rotatable bonds is 7. The number of nitrogens with one attached hydrogen (secondary N) is 2. The molecule has 0 unspecified atom stereocenters. The van der Waals surface area contributed by atoms with E-state index < -0.39 is 23.7 Å². The lowest BCUT2D eigenvalue weighted by Crippen LogP contribution is -2.48. The lowest BCUT2D eigenvalue weighted by molar-refractivity contribution is -0.123. The summed E-state index contributed by atoms with van der Waals surface area (Å²) in [4.78, 5) is 24.5. The first-order valence-electron chi connectivity index (χ1n) is 7.59. The fourth-order valence-electron chi connectivity index (χ4n) is 1.96. The molecule has 0 bridgehead atoms. The zero-order valence-corrected chi connectivity index (χ0v) is 14.5. The summed E-state index contributed by atoms with van der Waals surface area (Å²) < 4.78 is 31.5. The normalized spacial score (nSPS) is 13.0. The van der Waals surface area contributed by atoms with Crippen LogP contribution in [0.3, 0.4) is 0 Å². The van der Waals surface area contributed by atoms with Crippen molar-refractivity contribution in [1.82, 2.24) is 10.6 Å². The Balaban J connectivity index is 1.79. The van der Waals surface area contributed by atoms with E-state index in [0.717, 1.165) is 12.1 Å². The minimum atomic E-state index is -0.810. The van der Waals surface area contributed by atoms with Crippen molar-refractivity contribution < 1.29 is 23.1 Å². The molecule has 0 fully saturated rings. The highest BCUT2D eigenvalue weighted by atomic mass is 32.1. The van der Waals surface area contributed by atoms with E-state index in [1.165, 1.54) is 17.4 Å². The molecular formula is C17H18F2N2O3S. The van der Waals surface area contributed by atoms with E-state index in [-0.39, 0.29) is 24.2 Å². The molecule has 134 valence electrons. The molecular weight excluding hydrogens is 350 g/mol. The Hall–Kier alpha value is -2.48. The van der Waals surface area contributed by atoms with Crippen LogP contribution in [0, 0.1) is 11.6 Å². The second-order valence-corrected chi connectivity index (χ2v) is 6.42. The fraction of sp³-hybridized carbons (Fsp3) is 0.294. The highest BCUT2D eigenvalue weighted by molar-refractivity contribution is 7.12. The average molecular weight is 368 g/mol. The molecule has 2 aromatic rings. The minimum absolute atomic E-state index is 0.000116. The van der Waals surface area contributed by atoms with Crippen LogP contribution in [0.1, 0.15) is 23.5 Å². The molecule has 8 heteroatoms. The van der Waals surface area contributed by atoms with Crippen molar-refractivity contribution in [1.29, 1.82) is 0 Å². The number of thiophene rings is 1. The molecule has 1 aromatic carbocycles. The summed E-state index contributed by atoms with van der Waals surface area (Å²) in [5, 5.41) is 7.02. The van der Waals surface area contributed by atoms with Gasteiger partial charge in [-0.2, -0.15) is 0 Å². The standard InChI is InChI=1S/C17H18F2N2O3S/c1-10(9-24-14-6-5-12(18)8-13(14)19)20-16(22)11(2)21-17(23)15-4-3-7-25-15/h3-8,10-11H,9H2,1-2H3,(H,20,22)(H,21,23)/t10-,11-/m1/s1. The first-order valence-corrected chi connectivity index (χ1v) is 8.47. The second-order valence-electron chi connectivity index (χ2n) is 5.47. The zero-order chi connectivity index (χ0) is 18.4. The summed E-state index contributed by atoms with van der Waals surface area (Å²) in [5.41, 5.74) is 0. The van der Waals surface area contributed by atoms with Gasteiger partial charge in [0.2, 0.25) is 5.91 Å². The molecule has 0 spiro atoms. The number of amides is 2. The maximum absolute atomic E-state index is 13.5. The van der Waals surface area contributed by atoms with Gasteiger partial charge in [-0.15, -0.1) is 11.3 Å². The smallest absolute Gasteiger partial charge is 0.261 e. The maximum atomic E-state index is 13.5. The zero-order valence-electron chi connectivity index (χ0n) is 13.7. The van der Waals surface area contributed by atoms with Crippen molar-refractivity contribution >= 4 is 23.2 Å². The van der Waals surface area contributed by atoms with E-state index in [4.69, 9.17) is 4.74 Å². The molecule has 2 amide bonds. The van der Waals surface area contributed by atoms with E-state index in [1.807, 2.05) is 0 Å². The summed E-state index contributed by atoms with van der Waals surface area (Å²) in [6, 6.07) is 5.24. The van der Waals surface area contributed by atoms with Gasteiger partial charge in [-0.25, -0.2) is 8.78 Å². The number of hydrogen-bond donors (Lipinski definition) is 2. The summed E-state index contributed by atoms with van der Waals surface area (Å²) >= 11 is 1.28. The number of carbonyl (C=O) groups is 2. The Morgan fingerprint density at radius 3 is 2.60 bits per heavy atom. The lowest BCUT2D eigenvalue weighted by atomic mass is 10.2. The van der Waals surface area contributed by atoms with Gasteiger partial charge in [0.15, 0.2) is 11.6 Å². The third-order valence-corrected chi connectivity index (χ3v) is 4.13. The van der Waals surface area contributed by atoms with E-state index in [1.54, 1.807) is 31.4 Å². The highest BCUT2D eigenvalue weighted by Crippen LogP contribution is 2.17. The number of ether oxygens (including phenoxy) is 1. The second kappa shape index (κ2) is 8.57. The van der Waals surface area contributed by atoms with Gasteiger partial charge in [0.25, 0.3) is 5.91 Å². The average Bonchev–Trinajstić information content (AvgIpc) is 3.08. The lowest BCUT2D eigenvalue weighted by Gasteiger charge is -2.19. The number of hydrogen-bond acceptors (Lipinski definition) is 4. The molecule has 0 aliphatic heterocycles. The Labute approximate surface area is 148 Å². The monoisotopic (exact) mass is 368 g/mol. The van der Waals surface area contributed by atoms with Crippen LogP contribution in [0.25, 0.3) is 0 Å². The third-order valence-electron chi connectivity index (χ3n) is 3.26. The quantitative estimate of drug-likeness (QED) is 0.790. The summed E-state index contributed by atoms with van der Waals surface area (Å²) in [6.45, 7) is 3.24. The van der Waals surface area contributed by atoms with Crippen LogP contribution < -0.4 is 15.4 Å². The highest BCUT2D eigenvalue weighted by Gasteiger charge is 2.19. The predicted octanol–water partition coefficient (Wildman–Crippen LogP) is 2.73. The number of benzene rings is 1. The Morgan fingerprint density at radius 2 is 1.96 bits per heavy atom. The van der Waals surface area contributed by atoms with E-state index in [2.05, 4.69) is 10.6 Å². The van der Waals surface area contributed by atoms with Crippen LogP contribution in [0.2, 0.25) is 0 Å². The number of carbonyl (C=O) groups excluding carboxylic acids is 2. The van der Waals surface area contributed by atoms with Crippen molar-refractivity contribution in [3.05, 3.63) is 52.2 Å². The third kappa shape index (κ3) is 5.53. The van der Waals surface area contributed by atoms with Crippen molar-refractivity contribution in [2.75, 3.05) is 6.61 Å². The van der Waals surface area contributed by atoms with Gasteiger partial charge in [0.05, 0.1) is 10.9 Å². The molecule has 0 saturated carbocycles. The van der Waals surface area contributed by atoms with Gasteiger partial charge in [0.1, 0.15) is 18.5 Å². The molecule has 0 aliphatic rings. The van der Waals surface area contributed by atoms with Crippen LogP contribution in [0.15, 0.2) is 35.7 Å². The van der Waals surface area contributed by atoms with Crippen molar-refractivity contribution in [3.63, 3.8) is 0 Å². The van der Waals surface area contributed by atoms with Crippen molar-refractivity contribution in [2.24, 2.45) is 0 Å². The summed E-state index contributed by atoms with van der Waals surface area (Å²) in [7, 11) is 0. The molecule has 1 heterocycles. The molecule has 0 aliphatic carbocycles. The fourth-order valence-corrected chi connectivity index (χ4v) is 2.58. The summed E-state index contributed by atoms with van der Waals surface area (Å²) in [5.74, 6) is -2.31. The molecule has 1 aromatic heterocycles. The van der Waals surface area contributed by atoms with Crippen LogP contribution in [0.4, 0.5) is 8.78 Å². The van der Waals surface area contributed by atoms with Gasteiger partial charge in [-0.05, 0) is 37.4 Å². The predicted molar refractivity (Wildman–Crippen MR) is 90.7 cm³/mol. The van der Waals surface area contributed by atoms with Crippen LogP contribution in [-0.2, 0) is 4.79 Å². The minimum Gasteiger partial charge on any atom is -0.488 e. The van der Waals surface area contributed by atoms with Gasteiger partial charge < -0.3 is 15.4 Å². The van der Waals surface area contributed by atoms with Gasteiger partial charge >= 0.3 is 0 Å². The van der Waals surface area contributed by atoms with E-state index in [9.17, 15) is 18.4 Å². The van der Waals surface area contributed by atoms with Crippen LogP contribution in [-0.4, -0.2) is 30.5 Å². The summed E-state index contributed by atoms with van der Waals surface area (Å²) in [6.07, 6.45) is 0. The molecule has 2 atom stereocenters. The number of halogens is 2. The van der Waals surface area contributed by atoms with Crippen LogP contribution >= 0.6 is 11.3 Å². The van der Waals surface area contributed by atoms with E-state index >= 15 is 0 Å². The van der Waals surface area contributed by atoms with Gasteiger partial charge in [-0.3, -0.25) is 9.59 Å². The molecule has 25 heavy (non-hydrogen) atoms. The largest absolute Gasteiger partial charge is 0.488 e. The Bertz CT molecular complexity index is 737. The van der Waals surface area contributed by atoms with Gasteiger partial charge in [0, 0.05) is 6.07 Å². The maximum Gasteiger partial charge on any atom is 0.261 e. The Morgan fingerprint density at radius 1 is 1.20 bits per heavy atom. The van der Waals surface area contributed by atoms with E-state index in [0.29, 0.717) is 4.88 Å². The topological polar surface area (TPSA) is 67.4 Å². The molecule has 0 saturated heterocycles. The SMILES string of the molecule is C[C@H](COc1ccc(F)cc1F)NC(=O)[C@@H](C)NC(=O)c1cccs1. The first kappa shape index (κ1) is 18.9. The van der Waals surface area contributed by atoms with Crippen molar-refractivity contribution in [2.45, 2.75) is 25.9 Å². The molecule has 2 rings (SSSR count). The van der Waals surface area contributed by atoms with Crippen LogP contribution in [0.5, 0.6) is 5.75 Å². The van der Waals surface area contributed by atoms with Gasteiger partial charge in [-0.1, -0.05) is 6.07 Å². The Kier molecular flexibility index (Phi) is 6.46. The molecule has 5 nitrogen and oxygen atoms in total. The molecule has 2 N–H and O–H groups in total. The molecule has 0 radical (unpaired) electrons. The van der Waals surface area contributed by atoms with Crippen molar-refractivity contribution in [3.8, 4) is 5.75 Å².